The molecule has 0 spiro atoms. The van der Waals surface area contributed by atoms with Gasteiger partial charge in [-0.2, -0.15) is 10.5 Å². The third-order valence-corrected chi connectivity index (χ3v) is 2.93. The number of nitriles is 2. The van der Waals surface area contributed by atoms with Crippen LogP contribution in [0, 0.1) is 22.7 Å². The molecule has 0 N–H and O–H groups in total. The Kier molecular flexibility index (Phi) is 6.28. The fourth-order valence-corrected chi connectivity index (χ4v) is 1.86. The summed E-state index contributed by atoms with van der Waals surface area (Å²) in [5.74, 6) is 0.236. The first kappa shape index (κ1) is 15.7. The molecule has 5 nitrogen and oxygen atoms in total. The van der Waals surface area contributed by atoms with E-state index in [4.69, 9.17) is 15.3 Å². The Balaban J connectivity index is 2.91. The first-order valence-corrected chi connectivity index (χ1v) is 6.46. The standard InChI is InChI=1S/C14H12BrN3O2/c1-20-13-4-3-12(15)10-11(13)2-5-14(19)18(8-6-16)9-7-17/h2-5,10H,8-9H2,1H3. The van der Waals surface area contributed by atoms with Gasteiger partial charge in [0.15, 0.2) is 0 Å². The van der Waals surface area contributed by atoms with Crippen molar-refractivity contribution >= 4 is 27.9 Å². The summed E-state index contributed by atoms with van der Waals surface area (Å²) in [6.45, 7) is -0.237. The van der Waals surface area contributed by atoms with Crippen LogP contribution in [0.15, 0.2) is 28.7 Å². The molecule has 0 aromatic heterocycles. The zero-order chi connectivity index (χ0) is 15.0. The zero-order valence-electron chi connectivity index (χ0n) is 10.8. The molecule has 1 aromatic carbocycles. The molecule has 0 aliphatic carbocycles. The quantitative estimate of drug-likeness (QED) is 0.612. The fraction of sp³-hybridized carbons (Fsp3) is 0.214. The average molecular weight is 334 g/mol. The summed E-state index contributed by atoms with van der Waals surface area (Å²) in [4.78, 5) is 13.0. The molecular formula is C14H12BrN3O2. The summed E-state index contributed by atoms with van der Waals surface area (Å²) in [6, 6.07) is 9.11. The molecule has 1 aromatic rings. The van der Waals surface area contributed by atoms with Crippen molar-refractivity contribution in [3.63, 3.8) is 0 Å². The molecule has 0 fully saturated rings. The summed E-state index contributed by atoms with van der Waals surface area (Å²) >= 11 is 3.34. The van der Waals surface area contributed by atoms with E-state index in [0.29, 0.717) is 5.75 Å². The Hall–Kier alpha value is -2.31. The molecule has 102 valence electrons. The largest absolute Gasteiger partial charge is 0.496 e. The highest BCUT2D eigenvalue weighted by Gasteiger charge is 2.09. The van der Waals surface area contributed by atoms with Gasteiger partial charge < -0.3 is 9.64 Å². The van der Waals surface area contributed by atoms with Crippen LogP contribution in [-0.4, -0.2) is 31.0 Å². The van der Waals surface area contributed by atoms with Crippen molar-refractivity contribution in [3.05, 3.63) is 34.3 Å². The second kappa shape index (κ2) is 7.98. The number of amides is 1. The normalized spacial score (nSPS) is 9.80. The lowest BCUT2D eigenvalue weighted by molar-refractivity contribution is -0.124. The molecule has 0 saturated carbocycles. The zero-order valence-corrected chi connectivity index (χ0v) is 12.4. The molecule has 0 heterocycles. The Bertz CT molecular complexity index is 583. The SMILES string of the molecule is COc1ccc(Br)cc1C=CC(=O)N(CC#N)CC#N. The first-order chi connectivity index (χ1) is 9.62. The summed E-state index contributed by atoms with van der Waals surface area (Å²) in [5.41, 5.74) is 0.726. The molecule has 0 saturated heterocycles. The highest BCUT2D eigenvalue weighted by atomic mass is 79.9. The Morgan fingerprint density at radius 3 is 2.60 bits per heavy atom. The fourth-order valence-electron chi connectivity index (χ4n) is 1.48. The summed E-state index contributed by atoms with van der Waals surface area (Å²) in [5, 5.41) is 17.2. The minimum Gasteiger partial charge on any atom is -0.496 e. The maximum absolute atomic E-state index is 11.9. The molecule has 0 aliphatic rings. The van der Waals surface area contributed by atoms with Crippen LogP contribution in [0.1, 0.15) is 5.56 Å². The van der Waals surface area contributed by atoms with Crippen LogP contribution in [0.5, 0.6) is 5.75 Å². The number of hydrogen-bond acceptors (Lipinski definition) is 4. The highest BCUT2D eigenvalue weighted by molar-refractivity contribution is 9.10. The van der Waals surface area contributed by atoms with E-state index in [0.717, 1.165) is 14.9 Å². The van der Waals surface area contributed by atoms with Crippen LogP contribution in [0.25, 0.3) is 6.08 Å². The van der Waals surface area contributed by atoms with Gasteiger partial charge in [-0.3, -0.25) is 4.79 Å². The van der Waals surface area contributed by atoms with Crippen molar-refractivity contribution in [3.8, 4) is 17.9 Å². The van der Waals surface area contributed by atoms with Crippen LogP contribution in [0.4, 0.5) is 0 Å². The van der Waals surface area contributed by atoms with E-state index in [-0.39, 0.29) is 13.1 Å². The molecule has 1 amide bonds. The number of benzene rings is 1. The third-order valence-electron chi connectivity index (χ3n) is 2.43. The van der Waals surface area contributed by atoms with Crippen molar-refractivity contribution in [2.75, 3.05) is 20.2 Å². The Labute approximate surface area is 125 Å². The van der Waals surface area contributed by atoms with E-state index >= 15 is 0 Å². The number of carbonyl (C=O) groups excluding carboxylic acids is 1. The summed E-state index contributed by atoms with van der Waals surface area (Å²) in [7, 11) is 1.54. The smallest absolute Gasteiger partial charge is 0.248 e. The van der Waals surface area contributed by atoms with Crippen LogP contribution >= 0.6 is 15.9 Å². The molecule has 0 radical (unpaired) electrons. The number of nitrogens with zero attached hydrogens (tertiary/aromatic N) is 3. The number of carbonyl (C=O) groups is 1. The van der Waals surface area contributed by atoms with E-state index in [1.807, 2.05) is 24.3 Å². The van der Waals surface area contributed by atoms with Gasteiger partial charge >= 0.3 is 0 Å². The Morgan fingerprint density at radius 2 is 2.05 bits per heavy atom. The molecule has 0 atom stereocenters. The minimum atomic E-state index is -0.393. The van der Waals surface area contributed by atoms with Gasteiger partial charge in [0, 0.05) is 16.1 Å². The molecule has 0 aliphatic heterocycles. The summed E-state index contributed by atoms with van der Waals surface area (Å²) < 4.78 is 6.04. The average Bonchev–Trinajstić information content (AvgIpc) is 2.44. The van der Waals surface area contributed by atoms with Crippen LogP contribution in [-0.2, 0) is 4.79 Å². The second-order valence-corrected chi connectivity index (χ2v) is 4.65. The number of halogens is 1. The van der Waals surface area contributed by atoms with Crippen LogP contribution in [0.3, 0.4) is 0 Å². The van der Waals surface area contributed by atoms with Gasteiger partial charge in [-0.05, 0) is 24.3 Å². The van der Waals surface area contributed by atoms with E-state index in [1.54, 1.807) is 19.3 Å². The van der Waals surface area contributed by atoms with Crippen molar-refractivity contribution in [1.29, 1.82) is 10.5 Å². The molecule has 6 heteroatoms. The van der Waals surface area contributed by atoms with Crippen molar-refractivity contribution < 1.29 is 9.53 Å². The topological polar surface area (TPSA) is 77.1 Å². The predicted molar refractivity (Wildman–Crippen MR) is 77.5 cm³/mol. The third kappa shape index (κ3) is 4.42. The minimum absolute atomic E-state index is 0.119. The molecular weight excluding hydrogens is 322 g/mol. The van der Waals surface area contributed by atoms with Crippen molar-refractivity contribution in [1.82, 2.24) is 4.90 Å². The molecule has 20 heavy (non-hydrogen) atoms. The Morgan fingerprint density at radius 1 is 1.40 bits per heavy atom. The van der Waals surface area contributed by atoms with Gasteiger partial charge in [-0.25, -0.2) is 0 Å². The number of rotatable bonds is 5. The second-order valence-electron chi connectivity index (χ2n) is 3.73. The van der Waals surface area contributed by atoms with E-state index in [2.05, 4.69) is 15.9 Å². The van der Waals surface area contributed by atoms with Crippen LogP contribution < -0.4 is 4.74 Å². The summed E-state index contributed by atoms with van der Waals surface area (Å²) in [6.07, 6.45) is 2.91. The van der Waals surface area contributed by atoms with Crippen molar-refractivity contribution in [2.24, 2.45) is 0 Å². The van der Waals surface area contributed by atoms with Gasteiger partial charge in [0.05, 0.1) is 19.2 Å². The van der Waals surface area contributed by atoms with Gasteiger partial charge in [0.25, 0.3) is 0 Å². The van der Waals surface area contributed by atoms with E-state index in [1.165, 1.54) is 6.08 Å². The van der Waals surface area contributed by atoms with Gasteiger partial charge in [0.2, 0.25) is 5.91 Å². The van der Waals surface area contributed by atoms with Crippen molar-refractivity contribution in [2.45, 2.75) is 0 Å². The number of hydrogen-bond donors (Lipinski definition) is 0. The van der Waals surface area contributed by atoms with E-state index in [9.17, 15) is 4.79 Å². The number of methoxy groups -OCH3 is 1. The van der Waals surface area contributed by atoms with Gasteiger partial charge in [0.1, 0.15) is 18.8 Å². The van der Waals surface area contributed by atoms with E-state index < -0.39 is 5.91 Å². The number of ether oxygens (including phenoxy) is 1. The maximum atomic E-state index is 11.9. The lowest BCUT2D eigenvalue weighted by Crippen LogP contribution is -2.30. The lowest BCUT2D eigenvalue weighted by Gasteiger charge is -2.12. The molecule has 0 bridgehead atoms. The maximum Gasteiger partial charge on any atom is 0.248 e. The van der Waals surface area contributed by atoms with Gasteiger partial charge in [-0.1, -0.05) is 15.9 Å². The molecule has 1 rings (SSSR count). The lowest BCUT2D eigenvalue weighted by atomic mass is 10.2. The highest BCUT2D eigenvalue weighted by Crippen LogP contribution is 2.24. The molecule has 0 unspecified atom stereocenters. The first-order valence-electron chi connectivity index (χ1n) is 5.66. The predicted octanol–water partition coefficient (Wildman–Crippen LogP) is 2.35. The van der Waals surface area contributed by atoms with Gasteiger partial charge in [-0.15, -0.1) is 0 Å². The van der Waals surface area contributed by atoms with Crippen LogP contribution in [0.2, 0.25) is 0 Å². The monoisotopic (exact) mass is 333 g/mol.